The highest BCUT2D eigenvalue weighted by Crippen LogP contribution is 2.43. The zero-order valence-corrected chi connectivity index (χ0v) is 25.6. The number of hydrogen-bond acceptors (Lipinski definition) is 4. The van der Waals surface area contributed by atoms with Crippen molar-refractivity contribution in [1.82, 2.24) is 9.55 Å². The molecular weight excluding hydrogens is 563 g/mol. The van der Waals surface area contributed by atoms with E-state index in [1.807, 2.05) is 74.9 Å². The van der Waals surface area contributed by atoms with Gasteiger partial charge >= 0.3 is 0 Å². The minimum atomic E-state index is -1.33. The molecule has 44 heavy (non-hydrogen) atoms. The summed E-state index contributed by atoms with van der Waals surface area (Å²) in [6.45, 7) is 4.03. The van der Waals surface area contributed by atoms with E-state index in [1.54, 1.807) is 6.07 Å². The van der Waals surface area contributed by atoms with Gasteiger partial charge in [0, 0.05) is 17.5 Å². The Morgan fingerprint density at radius 1 is 0.773 bits per heavy atom. The fourth-order valence-electron chi connectivity index (χ4n) is 6.15. The van der Waals surface area contributed by atoms with Crippen LogP contribution in [0.4, 0.5) is 0 Å². The largest absolute Gasteiger partial charge is 0.378 e. The Morgan fingerprint density at radius 2 is 1.30 bits per heavy atom. The summed E-state index contributed by atoms with van der Waals surface area (Å²) in [6, 6.07) is 43.1. The standard InChI is InChI=1S/C38H35N3O2S/c1-27(2)38(43,32-20-18-28(19-21-32)24-33-22-23-34(44-33)36(39)42)35-25-41(26-40-35)37(29-12-6-3-7-13-29,30-14-8-4-9-15-30)31-16-10-5-11-17-31/h3-23,25-27,43H,24H2,1-2H3,(H2,39,42). The van der Waals surface area contributed by atoms with Gasteiger partial charge in [0.15, 0.2) is 0 Å². The van der Waals surface area contributed by atoms with Gasteiger partial charge in [0.05, 0.1) is 16.9 Å². The molecule has 6 rings (SSSR count). The second-order valence-corrected chi connectivity index (χ2v) is 12.6. The first-order valence-electron chi connectivity index (χ1n) is 14.7. The van der Waals surface area contributed by atoms with Gasteiger partial charge in [-0.3, -0.25) is 4.79 Å². The van der Waals surface area contributed by atoms with E-state index >= 15 is 0 Å². The van der Waals surface area contributed by atoms with Gasteiger partial charge in [0.25, 0.3) is 5.91 Å². The molecule has 0 aliphatic rings. The summed E-state index contributed by atoms with van der Waals surface area (Å²) < 4.78 is 2.14. The zero-order chi connectivity index (χ0) is 30.7. The van der Waals surface area contributed by atoms with Crippen LogP contribution in [0.25, 0.3) is 0 Å². The number of aromatic nitrogens is 2. The Morgan fingerprint density at radius 3 is 1.75 bits per heavy atom. The molecule has 4 aromatic carbocycles. The third kappa shape index (κ3) is 5.17. The monoisotopic (exact) mass is 597 g/mol. The van der Waals surface area contributed by atoms with Crippen molar-refractivity contribution in [3.05, 3.63) is 183 Å². The Hall–Kier alpha value is -4.78. The maximum Gasteiger partial charge on any atom is 0.258 e. The molecule has 0 aliphatic heterocycles. The van der Waals surface area contributed by atoms with Gasteiger partial charge in [-0.2, -0.15) is 0 Å². The van der Waals surface area contributed by atoms with Crippen LogP contribution in [0.2, 0.25) is 0 Å². The number of aliphatic hydroxyl groups is 1. The number of nitrogens with two attached hydrogens (primary N) is 1. The summed E-state index contributed by atoms with van der Waals surface area (Å²) in [5.74, 6) is -0.569. The van der Waals surface area contributed by atoms with Crippen molar-refractivity contribution in [2.24, 2.45) is 11.7 Å². The zero-order valence-electron chi connectivity index (χ0n) is 24.8. The molecule has 2 heterocycles. The van der Waals surface area contributed by atoms with Crippen molar-refractivity contribution in [1.29, 1.82) is 0 Å². The molecule has 3 N–H and O–H groups in total. The smallest absolute Gasteiger partial charge is 0.258 e. The van der Waals surface area contributed by atoms with Gasteiger partial charge in [-0.1, -0.05) is 129 Å². The molecule has 1 atom stereocenters. The van der Waals surface area contributed by atoms with Crippen LogP contribution in [0.1, 0.15) is 61.9 Å². The molecule has 0 aliphatic carbocycles. The quantitative estimate of drug-likeness (QED) is 0.162. The number of imidazole rings is 1. The summed E-state index contributed by atoms with van der Waals surface area (Å²) in [5.41, 5.74) is 9.09. The molecule has 0 fully saturated rings. The van der Waals surface area contributed by atoms with Crippen molar-refractivity contribution in [2.75, 3.05) is 0 Å². The molecule has 1 amide bonds. The predicted octanol–water partition coefficient (Wildman–Crippen LogP) is 7.37. The highest BCUT2D eigenvalue weighted by atomic mass is 32.1. The summed E-state index contributed by atoms with van der Waals surface area (Å²) in [7, 11) is 0. The summed E-state index contributed by atoms with van der Waals surface area (Å²) in [4.78, 5) is 18.0. The number of carbonyl (C=O) groups is 1. The lowest BCUT2D eigenvalue weighted by Gasteiger charge is -2.37. The lowest BCUT2D eigenvalue weighted by atomic mass is 9.76. The lowest BCUT2D eigenvalue weighted by Crippen LogP contribution is -2.37. The number of thiophene rings is 1. The first kappa shape index (κ1) is 29.3. The van der Waals surface area contributed by atoms with Crippen molar-refractivity contribution >= 4 is 17.2 Å². The van der Waals surface area contributed by atoms with E-state index < -0.39 is 17.0 Å². The number of amides is 1. The van der Waals surface area contributed by atoms with Crippen LogP contribution in [0.15, 0.2) is 140 Å². The molecule has 1 unspecified atom stereocenters. The van der Waals surface area contributed by atoms with Gasteiger partial charge in [0.2, 0.25) is 0 Å². The molecule has 6 heteroatoms. The third-order valence-electron chi connectivity index (χ3n) is 8.45. The molecule has 220 valence electrons. The van der Waals surface area contributed by atoms with Crippen molar-refractivity contribution in [3.63, 3.8) is 0 Å². The summed E-state index contributed by atoms with van der Waals surface area (Å²) >= 11 is 1.41. The molecule has 0 spiro atoms. The fourth-order valence-corrected chi connectivity index (χ4v) is 7.04. The average molecular weight is 598 g/mol. The van der Waals surface area contributed by atoms with E-state index in [1.165, 1.54) is 11.3 Å². The van der Waals surface area contributed by atoms with Crippen molar-refractivity contribution in [2.45, 2.75) is 31.4 Å². The Kier molecular flexibility index (Phi) is 8.04. The van der Waals surface area contributed by atoms with Crippen molar-refractivity contribution < 1.29 is 9.90 Å². The van der Waals surface area contributed by atoms with Crippen molar-refractivity contribution in [3.8, 4) is 0 Å². The first-order chi connectivity index (χ1) is 21.3. The molecular formula is C38H35N3O2S. The molecule has 0 bridgehead atoms. The predicted molar refractivity (Wildman–Crippen MR) is 177 cm³/mol. The van der Waals surface area contributed by atoms with E-state index in [2.05, 4.69) is 77.4 Å². The first-order valence-corrected chi connectivity index (χ1v) is 15.6. The van der Waals surface area contributed by atoms with Crippen LogP contribution in [-0.4, -0.2) is 20.6 Å². The molecule has 2 aromatic heterocycles. The number of benzene rings is 4. The normalized spacial score (nSPS) is 13.1. The minimum Gasteiger partial charge on any atom is -0.378 e. The SMILES string of the molecule is CC(C)C(O)(c1ccc(Cc2ccc(C(N)=O)s2)cc1)c1cn(C(c2ccccc2)(c2ccccc2)c2ccccc2)cn1. The summed E-state index contributed by atoms with van der Waals surface area (Å²) in [6.07, 6.45) is 4.52. The molecule has 6 aromatic rings. The van der Waals surface area contributed by atoms with Gasteiger partial charge in [-0.15, -0.1) is 11.3 Å². The van der Waals surface area contributed by atoms with E-state index in [-0.39, 0.29) is 5.92 Å². The van der Waals surface area contributed by atoms with Crippen LogP contribution in [0.3, 0.4) is 0 Å². The second kappa shape index (κ2) is 12.1. The summed E-state index contributed by atoms with van der Waals surface area (Å²) in [5, 5.41) is 12.4. The van der Waals surface area contributed by atoms with Crippen LogP contribution in [-0.2, 0) is 17.6 Å². The molecule has 5 nitrogen and oxygen atoms in total. The highest BCUT2D eigenvalue weighted by molar-refractivity contribution is 7.14. The number of rotatable bonds is 10. The van der Waals surface area contributed by atoms with Gasteiger partial charge < -0.3 is 15.4 Å². The Labute approximate surface area is 262 Å². The maximum atomic E-state index is 12.4. The van der Waals surface area contributed by atoms with Crippen LogP contribution in [0, 0.1) is 5.92 Å². The van der Waals surface area contributed by atoms with Gasteiger partial charge in [-0.25, -0.2) is 4.98 Å². The third-order valence-corrected chi connectivity index (χ3v) is 9.55. The van der Waals surface area contributed by atoms with Crippen LogP contribution >= 0.6 is 11.3 Å². The Balaban J connectivity index is 1.44. The van der Waals surface area contributed by atoms with E-state index in [9.17, 15) is 9.90 Å². The fraction of sp³-hybridized carbons (Fsp3) is 0.158. The second-order valence-electron chi connectivity index (χ2n) is 11.4. The number of primary amides is 1. The topological polar surface area (TPSA) is 81.1 Å². The molecule has 0 saturated carbocycles. The lowest BCUT2D eigenvalue weighted by molar-refractivity contribution is 0.0278. The number of hydrogen-bond donors (Lipinski definition) is 2. The highest BCUT2D eigenvalue weighted by Gasteiger charge is 2.42. The van der Waals surface area contributed by atoms with Crippen LogP contribution < -0.4 is 5.73 Å². The Bertz CT molecular complexity index is 1750. The van der Waals surface area contributed by atoms with E-state index in [0.717, 1.165) is 32.7 Å². The van der Waals surface area contributed by atoms with Gasteiger partial charge in [-0.05, 0) is 45.9 Å². The maximum absolute atomic E-state index is 12.4. The van der Waals surface area contributed by atoms with E-state index in [0.29, 0.717) is 17.0 Å². The van der Waals surface area contributed by atoms with Gasteiger partial charge in [0.1, 0.15) is 11.1 Å². The minimum absolute atomic E-state index is 0.160. The molecule has 0 saturated heterocycles. The average Bonchev–Trinajstić information content (AvgIpc) is 3.74. The number of carbonyl (C=O) groups excluding carboxylic acids is 1. The van der Waals surface area contributed by atoms with Crippen LogP contribution in [0.5, 0.6) is 0 Å². The number of nitrogens with zero attached hydrogens (tertiary/aromatic N) is 2. The molecule has 0 radical (unpaired) electrons. The van der Waals surface area contributed by atoms with E-state index in [4.69, 9.17) is 10.7 Å².